The Hall–Kier alpha value is -1.03. The van der Waals surface area contributed by atoms with E-state index in [-0.39, 0.29) is 0 Å². The summed E-state index contributed by atoms with van der Waals surface area (Å²) in [4.78, 5) is 0. The average Bonchev–Trinajstić information content (AvgIpc) is 2.66. The Kier molecular flexibility index (Phi) is 10.0. The Morgan fingerprint density at radius 3 is 1.88 bits per heavy atom. The van der Waals surface area contributed by atoms with Crippen molar-refractivity contribution in [3.63, 3.8) is 0 Å². The number of hydrogen-bond acceptors (Lipinski definition) is 1. The first-order chi connectivity index (χ1) is 12.3. The fraction of sp³-hybridized carbons (Fsp3) is 0.792. The van der Waals surface area contributed by atoms with Gasteiger partial charge in [0.05, 0.1) is 6.07 Å². The van der Waals surface area contributed by atoms with E-state index in [0.29, 0.717) is 0 Å². The minimum Gasteiger partial charge on any atom is -0.193 e. The fourth-order valence-electron chi connectivity index (χ4n) is 4.80. The molecule has 140 valence electrons. The maximum absolute atomic E-state index is 8.52. The molecule has 2 aliphatic carbocycles. The van der Waals surface area contributed by atoms with Crippen LogP contribution in [0.2, 0.25) is 0 Å². The molecule has 2 rings (SSSR count). The predicted octanol–water partition coefficient (Wildman–Crippen LogP) is 7.60. The third-order valence-corrected chi connectivity index (χ3v) is 6.59. The zero-order valence-electron chi connectivity index (χ0n) is 16.5. The number of rotatable bonds is 9. The van der Waals surface area contributed by atoms with Gasteiger partial charge in [0.15, 0.2) is 0 Å². The van der Waals surface area contributed by atoms with Crippen LogP contribution in [0.3, 0.4) is 0 Å². The second-order valence-corrected chi connectivity index (χ2v) is 8.55. The number of allylic oxidation sites excluding steroid dienone is 4. The molecule has 2 saturated carbocycles. The molecule has 0 aromatic heterocycles. The van der Waals surface area contributed by atoms with Crippen LogP contribution in [0.4, 0.5) is 0 Å². The summed E-state index contributed by atoms with van der Waals surface area (Å²) < 4.78 is 0. The molecule has 0 aliphatic heterocycles. The minimum atomic E-state index is 0.841. The van der Waals surface area contributed by atoms with Gasteiger partial charge in [-0.25, -0.2) is 0 Å². The fourth-order valence-corrected chi connectivity index (χ4v) is 4.80. The molecular weight excluding hydrogens is 302 g/mol. The van der Waals surface area contributed by atoms with Crippen LogP contribution in [0.5, 0.6) is 0 Å². The SMILES string of the molecule is CCCCCC1CCC(/C=C/C2CCC(CCC=CC#N)CC2)CC1. The third kappa shape index (κ3) is 8.26. The van der Waals surface area contributed by atoms with Gasteiger partial charge in [-0.15, -0.1) is 0 Å². The first kappa shape index (κ1) is 20.3. The molecule has 1 heteroatoms. The van der Waals surface area contributed by atoms with Gasteiger partial charge < -0.3 is 0 Å². The van der Waals surface area contributed by atoms with E-state index in [0.717, 1.165) is 30.1 Å². The summed E-state index contributed by atoms with van der Waals surface area (Å²) in [7, 11) is 0. The lowest BCUT2D eigenvalue weighted by molar-refractivity contribution is 0.283. The van der Waals surface area contributed by atoms with Crippen molar-refractivity contribution in [1.29, 1.82) is 5.26 Å². The Balaban J connectivity index is 1.57. The summed E-state index contributed by atoms with van der Waals surface area (Å²) in [6.45, 7) is 2.31. The highest BCUT2D eigenvalue weighted by molar-refractivity contribution is 5.01. The lowest BCUT2D eigenvalue weighted by atomic mass is 9.77. The highest BCUT2D eigenvalue weighted by atomic mass is 14.3. The predicted molar refractivity (Wildman–Crippen MR) is 108 cm³/mol. The molecule has 0 N–H and O–H groups in total. The van der Waals surface area contributed by atoms with Crippen LogP contribution in [-0.4, -0.2) is 0 Å². The summed E-state index contributed by atoms with van der Waals surface area (Å²) in [6, 6.07) is 2.09. The van der Waals surface area contributed by atoms with Crippen LogP contribution in [0.1, 0.15) is 96.8 Å². The topological polar surface area (TPSA) is 23.8 Å². The van der Waals surface area contributed by atoms with Crippen LogP contribution in [-0.2, 0) is 0 Å². The largest absolute Gasteiger partial charge is 0.193 e. The molecule has 2 fully saturated rings. The number of nitriles is 1. The van der Waals surface area contributed by atoms with Crippen LogP contribution >= 0.6 is 0 Å². The molecule has 0 spiro atoms. The first-order valence-corrected chi connectivity index (χ1v) is 11.0. The standard InChI is InChI=1S/C24H39N/c1-2-3-5-8-21-10-14-23(15-11-21)18-19-24-16-12-22(13-17-24)9-6-4-7-20-25/h4,7,18-19,21-24H,2-3,5-6,8-17H2,1H3/b7-4?,19-18+. The molecule has 0 bridgehead atoms. The van der Waals surface area contributed by atoms with Crippen molar-refractivity contribution < 1.29 is 0 Å². The maximum Gasteiger partial charge on any atom is 0.0908 e. The van der Waals surface area contributed by atoms with Gasteiger partial charge in [0.1, 0.15) is 0 Å². The molecular formula is C24H39N. The van der Waals surface area contributed by atoms with Gasteiger partial charge in [0.25, 0.3) is 0 Å². The minimum absolute atomic E-state index is 0.841. The smallest absolute Gasteiger partial charge is 0.0908 e. The Bertz CT molecular complexity index is 426. The maximum atomic E-state index is 8.52. The molecule has 2 aliphatic rings. The van der Waals surface area contributed by atoms with Crippen molar-refractivity contribution in [3.8, 4) is 6.07 Å². The Labute approximate surface area is 156 Å². The molecule has 0 aromatic carbocycles. The second-order valence-electron chi connectivity index (χ2n) is 8.55. The van der Waals surface area contributed by atoms with Crippen molar-refractivity contribution >= 4 is 0 Å². The highest BCUT2D eigenvalue weighted by Crippen LogP contribution is 2.35. The van der Waals surface area contributed by atoms with E-state index in [1.165, 1.54) is 83.5 Å². The van der Waals surface area contributed by atoms with E-state index in [9.17, 15) is 0 Å². The van der Waals surface area contributed by atoms with Crippen LogP contribution < -0.4 is 0 Å². The Morgan fingerprint density at radius 2 is 1.36 bits per heavy atom. The summed E-state index contributed by atoms with van der Waals surface area (Å²) >= 11 is 0. The van der Waals surface area contributed by atoms with Gasteiger partial charge >= 0.3 is 0 Å². The second kappa shape index (κ2) is 12.3. The number of hydrogen-bond donors (Lipinski definition) is 0. The van der Waals surface area contributed by atoms with Gasteiger partial charge in [-0.1, -0.05) is 50.8 Å². The lowest BCUT2D eigenvalue weighted by Crippen LogP contribution is -2.15. The molecule has 0 radical (unpaired) electrons. The zero-order valence-corrected chi connectivity index (χ0v) is 16.5. The van der Waals surface area contributed by atoms with Crippen molar-refractivity contribution in [2.45, 2.75) is 96.8 Å². The quantitative estimate of drug-likeness (QED) is 0.241. The first-order valence-electron chi connectivity index (χ1n) is 11.0. The summed E-state index contributed by atoms with van der Waals surface area (Å²) in [5.74, 6) is 3.64. The van der Waals surface area contributed by atoms with E-state index >= 15 is 0 Å². The summed E-state index contributed by atoms with van der Waals surface area (Å²) in [5, 5.41) is 8.52. The normalized spacial score (nSPS) is 30.7. The lowest BCUT2D eigenvalue weighted by Gasteiger charge is -2.29. The molecule has 0 atom stereocenters. The average molecular weight is 342 g/mol. The third-order valence-electron chi connectivity index (χ3n) is 6.59. The van der Waals surface area contributed by atoms with Gasteiger partial charge in [-0.3, -0.25) is 0 Å². The number of unbranched alkanes of at least 4 members (excludes halogenated alkanes) is 2. The van der Waals surface area contributed by atoms with E-state index < -0.39 is 0 Å². The highest BCUT2D eigenvalue weighted by Gasteiger charge is 2.21. The van der Waals surface area contributed by atoms with Crippen molar-refractivity contribution in [1.82, 2.24) is 0 Å². The van der Waals surface area contributed by atoms with Crippen LogP contribution in [0, 0.1) is 35.0 Å². The van der Waals surface area contributed by atoms with E-state index in [1.807, 2.05) is 6.08 Å². The van der Waals surface area contributed by atoms with Gasteiger partial charge in [-0.2, -0.15) is 5.26 Å². The molecule has 0 unspecified atom stereocenters. The van der Waals surface area contributed by atoms with Crippen LogP contribution in [0.15, 0.2) is 24.3 Å². The summed E-state index contributed by atoms with van der Waals surface area (Å²) in [5.41, 5.74) is 0. The molecule has 0 aromatic rings. The van der Waals surface area contributed by atoms with Gasteiger partial charge in [0, 0.05) is 6.08 Å². The van der Waals surface area contributed by atoms with Crippen molar-refractivity contribution in [3.05, 3.63) is 24.3 Å². The Morgan fingerprint density at radius 1 is 0.800 bits per heavy atom. The molecule has 1 nitrogen and oxygen atoms in total. The van der Waals surface area contributed by atoms with Gasteiger partial charge in [0.2, 0.25) is 0 Å². The zero-order chi connectivity index (χ0) is 17.7. The monoisotopic (exact) mass is 341 g/mol. The summed E-state index contributed by atoms with van der Waals surface area (Å²) in [6.07, 6.45) is 28.3. The van der Waals surface area contributed by atoms with Gasteiger partial charge in [-0.05, 0) is 87.9 Å². The van der Waals surface area contributed by atoms with E-state index in [2.05, 4.69) is 25.1 Å². The van der Waals surface area contributed by atoms with E-state index in [1.54, 1.807) is 6.08 Å². The van der Waals surface area contributed by atoms with E-state index in [4.69, 9.17) is 5.26 Å². The molecule has 0 amide bonds. The molecule has 0 saturated heterocycles. The number of nitrogens with zero attached hydrogens (tertiary/aromatic N) is 1. The molecule has 25 heavy (non-hydrogen) atoms. The van der Waals surface area contributed by atoms with Crippen molar-refractivity contribution in [2.75, 3.05) is 0 Å². The van der Waals surface area contributed by atoms with Crippen LogP contribution in [0.25, 0.3) is 0 Å². The molecule has 0 heterocycles. The van der Waals surface area contributed by atoms with Crippen molar-refractivity contribution in [2.24, 2.45) is 23.7 Å².